The van der Waals surface area contributed by atoms with E-state index in [1.54, 1.807) is 5.56 Å². The molecule has 96 valence electrons. The Labute approximate surface area is 109 Å². The third-order valence-electron chi connectivity index (χ3n) is 4.50. The van der Waals surface area contributed by atoms with Crippen LogP contribution in [-0.4, -0.2) is 17.7 Å². The Bertz CT molecular complexity index is 533. The zero-order valence-corrected chi connectivity index (χ0v) is 11.3. The molecule has 1 aromatic heterocycles. The molecule has 1 aromatic carbocycles. The number of para-hydroxylation sites is 1. The molecule has 0 radical (unpaired) electrons. The Balaban J connectivity index is 1.91. The highest BCUT2D eigenvalue weighted by Crippen LogP contribution is 2.37. The summed E-state index contributed by atoms with van der Waals surface area (Å²) in [4.78, 5) is 0. The second-order valence-electron chi connectivity index (χ2n) is 5.55. The molecular weight excluding hydrogens is 220 g/mol. The number of aryl methyl sites for hydroxylation is 1. The smallest absolute Gasteiger partial charge is 0.0480 e. The molecule has 0 atom stereocenters. The van der Waals surface area contributed by atoms with Gasteiger partial charge in [0, 0.05) is 30.2 Å². The average molecular weight is 242 g/mol. The monoisotopic (exact) mass is 242 g/mol. The molecule has 1 fully saturated rings. The third-order valence-corrected chi connectivity index (χ3v) is 4.50. The first-order valence-corrected chi connectivity index (χ1v) is 7.01. The zero-order valence-electron chi connectivity index (χ0n) is 11.3. The Morgan fingerprint density at radius 1 is 1.11 bits per heavy atom. The van der Waals surface area contributed by atoms with Crippen molar-refractivity contribution in [1.29, 1.82) is 0 Å². The van der Waals surface area contributed by atoms with Crippen LogP contribution in [-0.2, 0) is 7.05 Å². The predicted molar refractivity (Wildman–Crippen MR) is 77.0 cm³/mol. The van der Waals surface area contributed by atoms with Crippen LogP contribution in [0.3, 0.4) is 0 Å². The summed E-state index contributed by atoms with van der Waals surface area (Å²) in [5.74, 6) is 0.751. The molecule has 1 aliphatic carbocycles. The number of rotatable bonds is 2. The Morgan fingerprint density at radius 3 is 2.56 bits per heavy atom. The van der Waals surface area contributed by atoms with Crippen LogP contribution in [0, 0.1) is 0 Å². The minimum Gasteiger partial charge on any atom is -0.350 e. The van der Waals surface area contributed by atoms with Crippen LogP contribution in [0.1, 0.15) is 37.2 Å². The molecule has 1 N–H and O–H groups in total. The van der Waals surface area contributed by atoms with Crippen molar-refractivity contribution >= 4 is 10.9 Å². The first-order chi connectivity index (χ1) is 8.79. The van der Waals surface area contributed by atoms with Crippen molar-refractivity contribution in [2.24, 2.45) is 7.05 Å². The van der Waals surface area contributed by atoms with Gasteiger partial charge < -0.3 is 9.88 Å². The lowest BCUT2D eigenvalue weighted by Crippen LogP contribution is -2.29. The maximum atomic E-state index is 3.41. The first kappa shape index (κ1) is 11.8. The summed E-state index contributed by atoms with van der Waals surface area (Å²) < 4.78 is 2.27. The fraction of sp³-hybridized carbons (Fsp3) is 0.500. The lowest BCUT2D eigenvalue weighted by molar-refractivity contribution is 0.359. The Hall–Kier alpha value is -1.28. The van der Waals surface area contributed by atoms with Crippen molar-refractivity contribution in [3.8, 4) is 0 Å². The number of nitrogens with one attached hydrogen (secondary N) is 1. The summed E-state index contributed by atoms with van der Waals surface area (Å²) in [5, 5.41) is 4.86. The Morgan fingerprint density at radius 2 is 1.83 bits per heavy atom. The molecule has 0 aliphatic heterocycles. The molecule has 2 aromatic rings. The van der Waals surface area contributed by atoms with E-state index >= 15 is 0 Å². The van der Waals surface area contributed by atoms with Gasteiger partial charge in [-0.2, -0.15) is 0 Å². The van der Waals surface area contributed by atoms with E-state index in [-0.39, 0.29) is 0 Å². The summed E-state index contributed by atoms with van der Waals surface area (Å²) in [7, 11) is 4.24. The molecule has 0 bridgehead atoms. The molecule has 2 heteroatoms. The van der Waals surface area contributed by atoms with Gasteiger partial charge in [-0.05, 0) is 50.3 Å². The van der Waals surface area contributed by atoms with Crippen LogP contribution >= 0.6 is 0 Å². The fourth-order valence-electron chi connectivity index (χ4n) is 3.39. The number of nitrogens with zero attached hydrogens (tertiary/aromatic N) is 1. The van der Waals surface area contributed by atoms with E-state index in [0.717, 1.165) is 12.0 Å². The molecule has 1 saturated carbocycles. The quantitative estimate of drug-likeness (QED) is 0.854. The summed E-state index contributed by atoms with van der Waals surface area (Å²) in [6.45, 7) is 0. The van der Waals surface area contributed by atoms with E-state index in [9.17, 15) is 0 Å². The van der Waals surface area contributed by atoms with Crippen molar-refractivity contribution in [3.05, 3.63) is 36.0 Å². The number of hydrogen-bond acceptors (Lipinski definition) is 1. The van der Waals surface area contributed by atoms with Crippen LogP contribution in [0.25, 0.3) is 10.9 Å². The highest BCUT2D eigenvalue weighted by atomic mass is 14.9. The molecule has 1 aliphatic rings. The first-order valence-electron chi connectivity index (χ1n) is 7.01. The van der Waals surface area contributed by atoms with Gasteiger partial charge in [-0.1, -0.05) is 18.2 Å². The van der Waals surface area contributed by atoms with E-state index in [1.807, 2.05) is 0 Å². The highest BCUT2D eigenvalue weighted by molar-refractivity contribution is 5.84. The van der Waals surface area contributed by atoms with Crippen LogP contribution in [0.2, 0.25) is 0 Å². The largest absolute Gasteiger partial charge is 0.350 e. The Kier molecular flexibility index (Phi) is 3.13. The van der Waals surface area contributed by atoms with Crippen LogP contribution in [0.4, 0.5) is 0 Å². The summed E-state index contributed by atoms with van der Waals surface area (Å²) in [6.07, 6.45) is 7.60. The van der Waals surface area contributed by atoms with Gasteiger partial charge in [-0.25, -0.2) is 0 Å². The van der Waals surface area contributed by atoms with Crippen molar-refractivity contribution in [1.82, 2.24) is 9.88 Å². The number of benzene rings is 1. The van der Waals surface area contributed by atoms with E-state index in [4.69, 9.17) is 0 Å². The molecular formula is C16H22N2. The number of hydrogen-bond donors (Lipinski definition) is 1. The predicted octanol–water partition coefficient (Wildman–Crippen LogP) is 3.42. The van der Waals surface area contributed by atoms with Gasteiger partial charge in [0.15, 0.2) is 0 Å². The standard InChI is InChI=1S/C16H22N2/c1-17-13-9-7-12(8-10-13)15-11-18(2)16-6-4-3-5-14(15)16/h3-6,11-13,17H,7-10H2,1-2H3. The summed E-state index contributed by atoms with van der Waals surface area (Å²) in [6, 6.07) is 9.51. The maximum Gasteiger partial charge on any atom is 0.0480 e. The lowest BCUT2D eigenvalue weighted by Gasteiger charge is -2.28. The fourth-order valence-corrected chi connectivity index (χ4v) is 3.39. The normalized spacial score (nSPS) is 24.6. The molecule has 0 amide bonds. The van der Waals surface area contributed by atoms with Crippen molar-refractivity contribution in [2.75, 3.05) is 7.05 Å². The van der Waals surface area contributed by atoms with Crippen molar-refractivity contribution in [3.63, 3.8) is 0 Å². The highest BCUT2D eigenvalue weighted by Gasteiger charge is 2.23. The minimum absolute atomic E-state index is 0.733. The van der Waals surface area contributed by atoms with Crippen LogP contribution in [0.15, 0.2) is 30.5 Å². The SMILES string of the molecule is CNC1CCC(c2cn(C)c3ccccc23)CC1. The molecule has 0 saturated heterocycles. The van der Waals surface area contributed by atoms with E-state index < -0.39 is 0 Å². The van der Waals surface area contributed by atoms with Gasteiger partial charge in [-0.3, -0.25) is 0 Å². The van der Waals surface area contributed by atoms with Gasteiger partial charge in [0.05, 0.1) is 0 Å². The van der Waals surface area contributed by atoms with Gasteiger partial charge in [0.25, 0.3) is 0 Å². The summed E-state index contributed by atoms with van der Waals surface area (Å²) >= 11 is 0. The van der Waals surface area contributed by atoms with Crippen LogP contribution in [0.5, 0.6) is 0 Å². The molecule has 1 heterocycles. The minimum atomic E-state index is 0.733. The average Bonchev–Trinajstić information content (AvgIpc) is 2.77. The summed E-state index contributed by atoms with van der Waals surface area (Å²) in [5.41, 5.74) is 2.92. The molecule has 18 heavy (non-hydrogen) atoms. The van der Waals surface area contributed by atoms with Gasteiger partial charge >= 0.3 is 0 Å². The molecule has 3 rings (SSSR count). The zero-order chi connectivity index (χ0) is 12.5. The second kappa shape index (κ2) is 4.77. The van der Waals surface area contributed by atoms with Crippen LogP contribution < -0.4 is 5.32 Å². The molecule has 2 nitrogen and oxygen atoms in total. The topological polar surface area (TPSA) is 17.0 Å². The molecule has 0 spiro atoms. The lowest BCUT2D eigenvalue weighted by atomic mass is 9.82. The second-order valence-corrected chi connectivity index (χ2v) is 5.55. The van der Waals surface area contributed by atoms with E-state index in [2.05, 4.69) is 54.4 Å². The number of fused-ring (bicyclic) bond motifs is 1. The maximum absolute atomic E-state index is 3.41. The van der Waals surface area contributed by atoms with Crippen molar-refractivity contribution in [2.45, 2.75) is 37.6 Å². The molecule has 0 unspecified atom stereocenters. The van der Waals surface area contributed by atoms with E-state index in [1.165, 1.54) is 36.6 Å². The van der Waals surface area contributed by atoms with E-state index in [0.29, 0.717) is 0 Å². The third kappa shape index (κ3) is 1.95. The number of aromatic nitrogens is 1. The van der Waals surface area contributed by atoms with Crippen molar-refractivity contribution < 1.29 is 0 Å². The van der Waals surface area contributed by atoms with Gasteiger partial charge in [-0.15, -0.1) is 0 Å². The van der Waals surface area contributed by atoms with Gasteiger partial charge in [0.2, 0.25) is 0 Å². The van der Waals surface area contributed by atoms with Gasteiger partial charge in [0.1, 0.15) is 0 Å².